The number of carbonyl (C=O) groups excluding carboxylic acids is 1. The van der Waals surface area contributed by atoms with Gasteiger partial charge in [0.1, 0.15) is 6.54 Å². The van der Waals surface area contributed by atoms with Crippen LogP contribution in [0.1, 0.15) is 19.8 Å². The second-order valence-corrected chi connectivity index (χ2v) is 9.11. The fourth-order valence-electron chi connectivity index (χ4n) is 3.77. The maximum atomic E-state index is 12.9. The lowest BCUT2D eigenvalue weighted by Gasteiger charge is -2.21. The first kappa shape index (κ1) is 20.4. The summed E-state index contributed by atoms with van der Waals surface area (Å²) in [7, 11) is -3.62. The topological polar surface area (TPSA) is 92.8 Å². The molecule has 1 aliphatic rings. The Hall–Kier alpha value is -2.91. The van der Waals surface area contributed by atoms with Crippen molar-refractivity contribution in [1.82, 2.24) is 8.87 Å². The number of sulfonamides is 1. The van der Waals surface area contributed by atoms with Crippen molar-refractivity contribution in [1.29, 1.82) is 0 Å². The molecule has 0 N–H and O–H groups in total. The van der Waals surface area contributed by atoms with E-state index in [0.29, 0.717) is 25.2 Å². The number of amides is 1. The van der Waals surface area contributed by atoms with Crippen molar-refractivity contribution in [3.8, 4) is 0 Å². The third-order valence-corrected chi connectivity index (χ3v) is 7.22. The molecule has 8 nitrogen and oxygen atoms in total. The summed E-state index contributed by atoms with van der Waals surface area (Å²) >= 11 is 0. The number of hydrogen-bond acceptors (Lipinski definition) is 5. The van der Waals surface area contributed by atoms with Crippen LogP contribution in [0.3, 0.4) is 0 Å². The average molecular weight is 429 g/mol. The normalized spacial score (nSPS) is 15.0. The van der Waals surface area contributed by atoms with Gasteiger partial charge in [-0.2, -0.15) is 4.31 Å². The summed E-state index contributed by atoms with van der Waals surface area (Å²) in [4.78, 5) is 26.9. The van der Waals surface area contributed by atoms with Crippen LogP contribution in [-0.4, -0.2) is 42.8 Å². The maximum absolute atomic E-state index is 12.9. The summed E-state index contributed by atoms with van der Waals surface area (Å²) in [6, 6.07) is 13.5. The molecular weight excluding hydrogens is 406 g/mol. The molecule has 0 bridgehead atoms. The fraction of sp³-hybridized carbons (Fsp3) is 0.333. The van der Waals surface area contributed by atoms with Crippen molar-refractivity contribution >= 4 is 32.7 Å². The number of likely N-dealkylation sites (N-methyl/N-ethyl adjacent to an activating group) is 1. The highest BCUT2D eigenvalue weighted by molar-refractivity contribution is 7.89. The van der Waals surface area contributed by atoms with E-state index in [2.05, 4.69) is 0 Å². The van der Waals surface area contributed by atoms with Crippen LogP contribution in [0, 0.1) is 0 Å². The predicted octanol–water partition coefficient (Wildman–Crippen LogP) is 2.43. The van der Waals surface area contributed by atoms with Gasteiger partial charge in [-0.15, -0.1) is 0 Å². The molecule has 3 aromatic rings. The third kappa shape index (κ3) is 3.66. The Labute approximate surface area is 174 Å². The average Bonchev–Trinajstić information content (AvgIpc) is 3.38. The molecule has 0 radical (unpaired) electrons. The number of benzene rings is 2. The van der Waals surface area contributed by atoms with E-state index >= 15 is 0 Å². The number of aromatic nitrogens is 1. The van der Waals surface area contributed by atoms with Crippen molar-refractivity contribution in [3.63, 3.8) is 0 Å². The molecule has 0 saturated carbocycles. The molecule has 9 heteroatoms. The molecular formula is C21H23N3O5S. The van der Waals surface area contributed by atoms with Gasteiger partial charge in [-0.3, -0.25) is 9.36 Å². The van der Waals surface area contributed by atoms with E-state index in [4.69, 9.17) is 4.42 Å². The zero-order valence-corrected chi connectivity index (χ0v) is 17.5. The molecule has 1 aliphatic heterocycles. The van der Waals surface area contributed by atoms with Gasteiger partial charge < -0.3 is 9.32 Å². The van der Waals surface area contributed by atoms with Crippen LogP contribution in [0.2, 0.25) is 0 Å². The van der Waals surface area contributed by atoms with E-state index in [0.717, 1.165) is 18.5 Å². The van der Waals surface area contributed by atoms with Gasteiger partial charge in [0.05, 0.1) is 10.4 Å². The van der Waals surface area contributed by atoms with Crippen LogP contribution in [0.5, 0.6) is 0 Å². The summed E-state index contributed by atoms with van der Waals surface area (Å²) in [6.45, 7) is 3.09. The second kappa shape index (κ2) is 8.08. The van der Waals surface area contributed by atoms with Crippen molar-refractivity contribution in [2.45, 2.75) is 31.2 Å². The molecule has 1 amide bonds. The zero-order chi connectivity index (χ0) is 21.3. The number of nitrogens with zero attached hydrogens (tertiary/aromatic N) is 3. The first-order valence-electron chi connectivity index (χ1n) is 9.91. The van der Waals surface area contributed by atoms with Gasteiger partial charge in [0.15, 0.2) is 5.58 Å². The first-order chi connectivity index (χ1) is 14.4. The summed E-state index contributed by atoms with van der Waals surface area (Å²) < 4.78 is 33.5. The minimum atomic E-state index is -3.62. The Morgan fingerprint density at radius 3 is 2.47 bits per heavy atom. The Balaban J connectivity index is 1.65. The predicted molar refractivity (Wildman–Crippen MR) is 113 cm³/mol. The molecule has 0 unspecified atom stereocenters. The van der Waals surface area contributed by atoms with Gasteiger partial charge in [-0.05, 0) is 44.0 Å². The summed E-state index contributed by atoms with van der Waals surface area (Å²) in [6.07, 6.45) is 1.68. The maximum Gasteiger partial charge on any atom is 0.420 e. The summed E-state index contributed by atoms with van der Waals surface area (Å²) in [5.74, 6) is -0.958. The molecule has 158 valence electrons. The number of carbonyl (C=O) groups is 1. The SMILES string of the molecule is CCN(C(=O)Cn1c(=O)oc2cc(S(=O)(=O)N3CCCC3)ccc21)c1ccccc1. The Bertz CT molecular complexity index is 1220. The highest BCUT2D eigenvalue weighted by Crippen LogP contribution is 2.24. The van der Waals surface area contributed by atoms with E-state index in [1.165, 1.54) is 27.1 Å². The van der Waals surface area contributed by atoms with Crippen LogP contribution in [0.4, 0.5) is 5.69 Å². The lowest BCUT2D eigenvalue weighted by molar-refractivity contribution is -0.119. The quantitative estimate of drug-likeness (QED) is 0.600. The van der Waals surface area contributed by atoms with Gasteiger partial charge in [-0.25, -0.2) is 13.2 Å². The summed E-state index contributed by atoms with van der Waals surface area (Å²) in [5, 5.41) is 0. The van der Waals surface area contributed by atoms with Crippen LogP contribution < -0.4 is 10.7 Å². The van der Waals surface area contributed by atoms with Crippen LogP contribution in [0.15, 0.2) is 62.6 Å². The minimum absolute atomic E-state index is 0.0867. The number of hydrogen-bond donors (Lipinski definition) is 0. The number of anilines is 1. The lowest BCUT2D eigenvalue weighted by Crippen LogP contribution is -2.35. The Morgan fingerprint density at radius 1 is 1.10 bits per heavy atom. The molecule has 1 fully saturated rings. The molecule has 30 heavy (non-hydrogen) atoms. The highest BCUT2D eigenvalue weighted by Gasteiger charge is 2.28. The van der Waals surface area contributed by atoms with Crippen molar-refractivity contribution in [3.05, 3.63) is 59.1 Å². The molecule has 4 rings (SSSR count). The van der Waals surface area contributed by atoms with Gasteiger partial charge in [-0.1, -0.05) is 18.2 Å². The zero-order valence-electron chi connectivity index (χ0n) is 16.7. The third-order valence-electron chi connectivity index (χ3n) is 5.32. The first-order valence-corrected chi connectivity index (χ1v) is 11.3. The van der Waals surface area contributed by atoms with Crippen LogP contribution >= 0.6 is 0 Å². The van der Waals surface area contributed by atoms with Crippen molar-refractivity contribution in [2.75, 3.05) is 24.5 Å². The number of oxazole rings is 1. The monoisotopic (exact) mass is 429 g/mol. The Kier molecular flexibility index (Phi) is 5.48. The van der Waals surface area contributed by atoms with Crippen LogP contribution in [-0.2, 0) is 21.4 Å². The molecule has 1 saturated heterocycles. The molecule has 0 spiro atoms. The molecule has 2 aromatic carbocycles. The smallest absolute Gasteiger partial charge is 0.408 e. The number of rotatable bonds is 6. The number of fused-ring (bicyclic) bond motifs is 1. The number of para-hydroxylation sites is 1. The summed E-state index contributed by atoms with van der Waals surface area (Å²) in [5.41, 5.74) is 1.28. The van der Waals surface area contributed by atoms with Gasteiger partial charge >= 0.3 is 5.76 Å². The standard InChI is InChI=1S/C21H23N3O5S/c1-2-23(16-8-4-3-5-9-16)20(25)15-24-18-11-10-17(14-19(18)29-21(24)26)30(27,28)22-12-6-7-13-22/h3-5,8-11,14H,2,6-7,12-13,15H2,1H3. The largest absolute Gasteiger partial charge is 0.420 e. The molecule has 1 aromatic heterocycles. The fourth-order valence-corrected chi connectivity index (χ4v) is 5.30. The van der Waals surface area contributed by atoms with Gasteiger partial charge in [0, 0.05) is 31.4 Å². The van der Waals surface area contributed by atoms with E-state index in [1.54, 1.807) is 4.90 Å². The second-order valence-electron chi connectivity index (χ2n) is 7.17. The molecule has 0 atom stereocenters. The van der Waals surface area contributed by atoms with E-state index in [-0.39, 0.29) is 22.9 Å². The highest BCUT2D eigenvalue weighted by atomic mass is 32.2. The van der Waals surface area contributed by atoms with Crippen LogP contribution in [0.25, 0.3) is 11.1 Å². The van der Waals surface area contributed by atoms with Crippen molar-refractivity contribution in [2.24, 2.45) is 0 Å². The van der Waals surface area contributed by atoms with Gasteiger partial charge in [0.25, 0.3) is 0 Å². The van der Waals surface area contributed by atoms with E-state index < -0.39 is 15.8 Å². The molecule has 0 aliphatic carbocycles. The minimum Gasteiger partial charge on any atom is -0.408 e. The van der Waals surface area contributed by atoms with Crippen molar-refractivity contribution < 1.29 is 17.6 Å². The van der Waals surface area contributed by atoms with Gasteiger partial charge in [0.2, 0.25) is 15.9 Å². The Morgan fingerprint density at radius 2 is 1.80 bits per heavy atom. The van der Waals surface area contributed by atoms with E-state index in [9.17, 15) is 18.0 Å². The van der Waals surface area contributed by atoms with E-state index in [1.807, 2.05) is 37.3 Å². The lowest BCUT2D eigenvalue weighted by atomic mass is 10.2. The molecule has 2 heterocycles.